The maximum Gasteiger partial charge on any atom is 0.346 e. The van der Waals surface area contributed by atoms with Crippen LogP contribution in [0, 0.1) is 13.1 Å². The Morgan fingerprint density at radius 1 is 1.91 bits per heavy atom. The highest BCUT2D eigenvalue weighted by molar-refractivity contribution is 5.94. The van der Waals surface area contributed by atoms with Gasteiger partial charge in [-0.1, -0.05) is 0 Å². The Kier molecular flexibility index (Phi) is 1.93. The van der Waals surface area contributed by atoms with E-state index in [2.05, 4.69) is 27.9 Å². The van der Waals surface area contributed by atoms with E-state index in [9.17, 15) is 4.79 Å². The van der Waals surface area contributed by atoms with Gasteiger partial charge in [-0.2, -0.15) is 0 Å². The summed E-state index contributed by atoms with van der Waals surface area (Å²) in [6.07, 6.45) is 3.92. The van der Waals surface area contributed by atoms with Gasteiger partial charge < -0.3 is 0 Å². The molecular weight excluding hydrogens is 142 g/mol. The Morgan fingerprint density at radius 3 is 3.09 bits per heavy atom. The molecule has 0 aromatic carbocycles. The molecule has 1 amide bonds. The predicted molar refractivity (Wildman–Crippen MR) is 37.3 cm³/mol. The Labute approximate surface area is 64.0 Å². The van der Waals surface area contributed by atoms with Crippen LogP contribution in [0.25, 0.3) is 0 Å². The molecule has 1 aromatic rings. The third-order valence-corrected chi connectivity index (χ3v) is 1.06. The molecule has 0 aliphatic carbocycles. The van der Waals surface area contributed by atoms with E-state index in [0.717, 1.165) is 0 Å². The highest BCUT2D eigenvalue weighted by Gasteiger charge is 2.09. The smallest absolute Gasteiger partial charge is 0.264 e. The molecule has 0 fully saturated rings. The van der Waals surface area contributed by atoms with Gasteiger partial charge in [-0.05, 0) is 11.7 Å². The van der Waals surface area contributed by atoms with Crippen molar-refractivity contribution in [2.45, 2.75) is 6.92 Å². The lowest BCUT2D eigenvalue weighted by molar-refractivity contribution is -0.305. The Hall–Kier alpha value is -1.76. The fourth-order valence-electron chi connectivity index (χ4n) is 0.535. The number of aryl methyl sites for hydroxylation is 1. The van der Waals surface area contributed by atoms with Gasteiger partial charge >= 0.3 is 17.8 Å². The molecule has 4 nitrogen and oxygen atoms in total. The minimum atomic E-state index is -0.502. The molecule has 0 aliphatic rings. The molecule has 1 heterocycles. The number of amides is 1. The zero-order valence-electron chi connectivity index (χ0n) is 6.03. The van der Waals surface area contributed by atoms with Gasteiger partial charge in [0, 0.05) is 6.92 Å². The lowest BCUT2D eigenvalue weighted by atomic mass is 10.4. The van der Waals surface area contributed by atoms with Crippen molar-refractivity contribution in [1.29, 1.82) is 0 Å². The van der Waals surface area contributed by atoms with E-state index in [1.807, 2.05) is 0 Å². The van der Waals surface area contributed by atoms with Gasteiger partial charge in [-0.3, -0.25) is 4.79 Å². The summed E-state index contributed by atoms with van der Waals surface area (Å²) in [7, 11) is 0. The van der Waals surface area contributed by atoms with Crippen LogP contribution in [0.3, 0.4) is 0 Å². The van der Waals surface area contributed by atoms with Crippen LogP contribution in [0.5, 0.6) is 0 Å². The molecule has 54 valence electrons. The zero-order chi connectivity index (χ0) is 8.27. The summed E-state index contributed by atoms with van der Waals surface area (Å²) in [5, 5.41) is 0. The molecule has 0 unspecified atom stereocenters. The molecule has 0 aliphatic heterocycles. The number of aliphatic imine (C=N–C) groups is 1. The molecule has 0 N–H and O–H groups in total. The first-order valence-electron chi connectivity index (χ1n) is 2.96. The number of nitrogens with zero attached hydrogens (tertiary/aromatic N) is 3. The summed E-state index contributed by atoms with van der Waals surface area (Å²) in [6.45, 7) is 4.84. The summed E-state index contributed by atoms with van der Waals surface area (Å²) in [6, 6.07) is 0. The van der Waals surface area contributed by atoms with Gasteiger partial charge in [-0.25, -0.2) is 9.98 Å². The van der Waals surface area contributed by atoms with Crippen molar-refractivity contribution in [2.24, 2.45) is 4.99 Å². The van der Waals surface area contributed by atoms with Gasteiger partial charge in [0.15, 0.2) is 0 Å². The van der Waals surface area contributed by atoms with E-state index < -0.39 is 5.91 Å². The van der Waals surface area contributed by atoms with Gasteiger partial charge in [0.1, 0.15) is 6.20 Å². The second kappa shape index (κ2) is 2.88. The minimum Gasteiger partial charge on any atom is -0.264 e. The highest BCUT2D eigenvalue weighted by Crippen LogP contribution is 1.88. The first-order chi connectivity index (χ1) is 5.24. The van der Waals surface area contributed by atoms with Crippen LogP contribution in [0.15, 0.2) is 11.2 Å². The average Bonchev–Trinajstić information content (AvgIpc) is 2.05. The highest BCUT2D eigenvalue weighted by atomic mass is 16.1. The first kappa shape index (κ1) is 7.35. The van der Waals surface area contributed by atoms with Crippen molar-refractivity contribution in [2.75, 3.05) is 0 Å². The number of carbonyl (C=O) groups is 1. The molecule has 0 radical (unpaired) electrons. The van der Waals surface area contributed by atoms with Crippen molar-refractivity contribution in [1.82, 2.24) is 4.98 Å². The SMILES string of the molecule is C=NC(=O)c1c#[n+]c(C)cn1. The number of aromatic nitrogens is 2. The van der Waals surface area contributed by atoms with Crippen molar-refractivity contribution >= 4 is 12.6 Å². The van der Waals surface area contributed by atoms with E-state index in [1.54, 1.807) is 6.92 Å². The molecule has 1 aromatic heterocycles. The van der Waals surface area contributed by atoms with E-state index in [0.29, 0.717) is 5.69 Å². The standard InChI is InChI=1S/C7H6N3O/c1-5-3-10-6(4-9-5)7(11)8-2/h3H,2H2,1H3/q+1. The number of hydrogen-bond acceptors (Lipinski definition) is 2. The Morgan fingerprint density at radius 2 is 2.64 bits per heavy atom. The summed E-state index contributed by atoms with van der Waals surface area (Å²) < 4.78 is 0. The summed E-state index contributed by atoms with van der Waals surface area (Å²) in [4.78, 5) is 21.4. The van der Waals surface area contributed by atoms with Gasteiger partial charge in [-0.15, -0.1) is 0 Å². The van der Waals surface area contributed by atoms with E-state index in [4.69, 9.17) is 0 Å². The van der Waals surface area contributed by atoms with E-state index in [1.165, 1.54) is 6.20 Å². The van der Waals surface area contributed by atoms with Gasteiger partial charge in [0.2, 0.25) is 0 Å². The van der Waals surface area contributed by atoms with Crippen LogP contribution >= 0.6 is 0 Å². The molecule has 0 bridgehead atoms. The van der Waals surface area contributed by atoms with Crippen molar-refractivity contribution in [3.8, 4) is 0 Å². The fraction of sp³-hybridized carbons (Fsp3) is 0.143. The Balaban J connectivity index is 2.98. The molecule has 0 saturated heterocycles. The summed E-state index contributed by atoms with van der Waals surface area (Å²) >= 11 is 0. The summed E-state index contributed by atoms with van der Waals surface area (Å²) in [5.41, 5.74) is 0.816. The average molecular weight is 148 g/mol. The topological polar surface area (TPSA) is 56.4 Å². The molecule has 0 spiro atoms. The molecule has 0 atom stereocenters. The third kappa shape index (κ3) is 1.58. The van der Waals surface area contributed by atoms with Crippen molar-refractivity contribution in [3.05, 3.63) is 23.8 Å². The van der Waals surface area contributed by atoms with Crippen LogP contribution in [0.1, 0.15) is 16.2 Å². The minimum absolute atomic E-state index is 0.102. The van der Waals surface area contributed by atoms with Crippen LogP contribution in [0.4, 0.5) is 0 Å². The van der Waals surface area contributed by atoms with Crippen LogP contribution in [-0.2, 0) is 0 Å². The van der Waals surface area contributed by atoms with Gasteiger partial charge in [0.05, 0.1) is 0 Å². The normalized spacial score (nSPS) is 8.45. The van der Waals surface area contributed by atoms with Crippen molar-refractivity contribution in [3.63, 3.8) is 0 Å². The van der Waals surface area contributed by atoms with Crippen LogP contribution in [0.2, 0.25) is 0 Å². The third-order valence-electron chi connectivity index (χ3n) is 1.06. The van der Waals surface area contributed by atoms with Gasteiger partial charge in [0.25, 0.3) is 5.69 Å². The lowest BCUT2D eigenvalue weighted by Crippen LogP contribution is -2.04. The quantitative estimate of drug-likeness (QED) is 0.510. The second-order valence-corrected chi connectivity index (χ2v) is 1.94. The molecule has 11 heavy (non-hydrogen) atoms. The maximum atomic E-state index is 10.8. The number of carbonyl (C=O) groups excluding carboxylic acids is 1. The largest absolute Gasteiger partial charge is 0.346 e. The lowest BCUT2D eigenvalue weighted by Gasteiger charge is -1.79. The second-order valence-electron chi connectivity index (χ2n) is 1.94. The van der Waals surface area contributed by atoms with Crippen molar-refractivity contribution < 1.29 is 9.78 Å². The number of hydrogen-bond donors (Lipinski definition) is 0. The van der Waals surface area contributed by atoms with E-state index >= 15 is 0 Å². The van der Waals surface area contributed by atoms with Crippen LogP contribution in [-0.4, -0.2) is 17.6 Å². The monoisotopic (exact) mass is 148 g/mol. The fourth-order valence-corrected chi connectivity index (χ4v) is 0.535. The number of rotatable bonds is 1. The van der Waals surface area contributed by atoms with Crippen LogP contribution < -0.4 is 4.98 Å². The molecular formula is C7H6N3O+. The molecule has 4 heteroatoms. The Bertz CT molecular complexity index is 278. The molecule has 1 rings (SSSR count). The summed E-state index contributed by atoms with van der Waals surface area (Å²) in [5.74, 6) is -0.502. The molecule has 0 saturated carbocycles. The maximum absolute atomic E-state index is 10.8. The zero-order valence-corrected chi connectivity index (χ0v) is 6.03. The first-order valence-corrected chi connectivity index (χ1v) is 2.96. The predicted octanol–water partition coefficient (Wildman–Crippen LogP) is -0.369. The van der Waals surface area contributed by atoms with E-state index in [-0.39, 0.29) is 5.69 Å².